The summed E-state index contributed by atoms with van der Waals surface area (Å²) in [7, 11) is 0. The Morgan fingerprint density at radius 2 is 1.92 bits per heavy atom. The van der Waals surface area contributed by atoms with Crippen LogP contribution in [0.3, 0.4) is 0 Å². The van der Waals surface area contributed by atoms with Crippen molar-refractivity contribution < 1.29 is 20.1 Å². The van der Waals surface area contributed by atoms with Crippen LogP contribution in [0.2, 0.25) is 0 Å². The molecule has 1 aliphatic rings. The van der Waals surface area contributed by atoms with Crippen molar-refractivity contribution in [3.63, 3.8) is 0 Å². The fourth-order valence-electron chi connectivity index (χ4n) is 3.41. The molecule has 1 aromatic heterocycles. The lowest BCUT2D eigenvalue weighted by molar-refractivity contribution is -0.139. The van der Waals surface area contributed by atoms with E-state index in [9.17, 15) is 20.1 Å². The molecule has 1 aliphatic heterocycles. The van der Waals surface area contributed by atoms with Crippen molar-refractivity contribution in [2.75, 3.05) is 0 Å². The molecule has 2 heterocycles. The normalized spacial score (nSPS) is 20.0. The lowest BCUT2D eigenvalue weighted by Gasteiger charge is -2.30. The Morgan fingerprint density at radius 3 is 2.67 bits per heavy atom. The third-order valence-corrected chi connectivity index (χ3v) is 4.53. The number of aromatic hydroxyl groups is 2. The number of H-pyrrole nitrogens is 1. The van der Waals surface area contributed by atoms with Crippen LogP contribution < -0.4 is 5.32 Å². The van der Waals surface area contributed by atoms with Crippen molar-refractivity contribution in [2.45, 2.75) is 18.5 Å². The number of carbonyl (C=O) groups is 1. The minimum atomic E-state index is -0.936. The second-order valence-corrected chi connectivity index (χ2v) is 6.00. The summed E-state index contributed by atoms with van der Waals surface area (Å²) in [4.78, 5) is 14.9. The number of phenols is 2. The highest BCUT2D eigenvalue weighted by molar-refractivity contribution is 5.87. The molecule has 2 atom stereocenters. The Hall–Kier alpha value is -2.99. The second kappa shape index (κ2) is 5.28. The highest BCUT2D eigenvalue weighted by atomic mass is 16.4. The monoisotopic (exact) mass is 324 g/mol. The summed E-state index contributed by atoms with van der Waals surface area (Å²) < 4.78 is 0. The van der Waals surface area contributed by atoms with Crippen LogP contribution in [0.1, 0.15) is 22.9 Å². The van der Waals surface area contributed by atoms with Gasteiger partial charge in [0, 0.05) is 34.6 Å². The van der Waals surface area contributed by atoms with Gasteiger partial charge in [0.05, 0.1) is 6.04 Å². The standard InChI is InChI=1S/C18H16N2O4/c21-9-5-6-11(15(22)7-9)16-17-12(8-14(20-16)18(23)24)10-3-1-2-4-13(10)19-17/h1-7,14,16,19-22H,8H2,(H,23,24). The summed E-state index contributed by atoms with van der Waals surface area (Å²) in [5.41, 5.74) is 3.23. The number of carboxylic acids is 1. The number of rotatable bonds is 2. The summed E-state index contributed by atoms with van der Waals surface area (Å²) >= 11 is 0. The SMILES string of the molecule is O=C(O)C1Cc2c([nH]c3ccccc23)C(c2ccc(O)cc2O)N1. The van der Waals surface area contributed by atoms with Gasteiger partial charge >= 0.3 is 5.97 Å². The van der Waals surface area contributed by atoms with Crippen LogP contribution in [-0.4, -0.2) is 32.3 Å². The Balaban J connectivity index is 1.92. The summed E-state index contributed by atoms with van der Waals surface area (Å²) in [5, 5.41) is 33.3. The molecule has 0 saturated heterocycles. The van der Waals surface area contributed by atoms with Crippen LogP contribution in [0.15, 0.2) is 42.5 Å². The molecule has 6 nitrogen and oxygen atoms in total. The summed E-state index contributed by atoms with van der Waals surface area (Å²) in [6.45, 7) is 0. The molecule has 0 radical (unpaired) electrons. The van der Waals surface area contributed by atoms with Gasteiger partial charge in [0.2, 0.25) is 0 Å². The third-order valence-electron chi connectivity index (χ3n) is 4.53. The van der Waals surface area contributed by atoms with Crippen LogP contribution in [0.4, 0.5) is 0 Å². The largest absolute Gasteiger partial charge is 0.508 e. The van der Waals surface area contributed by atoms with Crippen LogP contribution in [0.5, 0.6) is 11.5 Å². The number of aromatic amines is 1. The topological polar surface area (TPSA) is 106 Å². The van der Waals surface area contributed by atoms with Crippen molar-refractivity contribution >= 4 is 16.9 Å². The summed E-state index contributed by atoms with van der Waals surface area (Å²) in [5.74, 6) is -1.06. The maximum Gasteiger partial charge on any atom is 0.321 e. The number of benzene rings is 2. The first-order valence-corrected chi connectivity index (χ1v) is 7.65. The third kappa shape index (κ3) is 2.19. The molecule has 4 rings (SSSR count). The number of hydrogen-bond acceptors (Lipinski definition) is 4. The Labute approximate surface area is 137 Å². The first-order valence-electron chi connectivity index (χ1n) is 7.65. The minimum Gasteiger partial charge on any atom is -0.508 e. The van der Waals surface area contributed by atoms with Crippen LogP contribution in [-0.2, 0) is 11.2 Å². The zero-order valence-corrected chi connectivity index (χ0v) is 12.7. The fraction of sp³-hybridized carbons (Fsp3) is 0.167. The quantitative estimate of drug-likeness (QED) is 0.497. The van der Waals surface area contributed by atoms with Gasteiger partial charge in [-0.15, -0.1) is 0 Å². The van der Waals surface area contributed by atoms with Gasteiger partial charge in [-0.3, -0.25) is 10.1 Å². The van der Waals surface area contributed by atoms with E-state index in [1.165, 1.54) is 12.1 Å². The van der Waals surface area contributed by atoms with Gasteiger partial charge in [0.1, 0.15) is 17.5 Å². The molecule has 3 aromatic rings. The van der Waals surface area contributed by atoms with E-state index in [2.05, 4.69) is 10.3 Å². The predicted molar refractivity (Wildman–Crippen MR) is 88.2 cm³/mol. The Kier molecular flexibility index (Phi) is 3.21. The maximum atomic E-state index is 11.6. The lowest BCUT2D eigenvalue weighted by atomic mass is 9.90. The smallest absolute Gasteiger partial charge is 0.321 e. The molecule has 122 valence electrons. The first-order chi connectivity index (χ1) is 11.5. The van der Waals surface area contributed by atoms with Gasteiger partial charge in [-0.2, -0.15) is 0 Å². The van der Waals surface area contributed by atoms with Gasteiger partial charge < -0.3 is 20.3 Å². The minimum absolute atomic E-state index is 0.0429. The van der Waals surface area contributed by atoms with Gasteiger partial charge in [0.15, 0.2) is 0 Å². The van der Waals surface area contributed by atoms with Crippen LogP contribution in [0, 0.1) is 0 Å². The lowest BCUT2D eigenvalue weighted by Crippen LogP contribution is -2.44. The average molecular weight is 324 g/mol. The molecule has 0 saturated carbocycles. The van der Waals surface area contributed by atoms with Crippen molar-refractivity contribution in [3.8, 4) is 11.5 Å². The van der Waals surface area contributed by atoms with E-state index in [1.807, 2.05) is 24.3 Å². The molecule has 2 unspecified atom stereocenters. The van der Waals surface area contributed by atoms with E-state index in [1.54, 1.807) is 6.07 Å². The molecule has 5 N–H and O–H groups in total. The molecule has 0 amide bonds. The van der Waals surface area contributed by atoms with E-state index >= 15 is 0 Å². The number of phenolic OH excluding ortho intramolecular Hbond substituents is 2. The molecular weight excluding hydrogens is 308 g/mol. The van der Waals surface area contributed by atoms with Gasteiger partial charge in [-0.05, 0) is 23.8 Å². The van der Waals surface area contributed by atoms with Gasteiger partial charge in [-0.25, -0.2) is 0 Å². The van der Waals surface area contributed by atoms with Gasteiger partial charge in [-0.1, -0.05) is 18.2 Å². The second-order valence-electron chi connectivity index (χ2n) is 6.00. The molecule has 24 heavy (non-hydrogen) atoms. The molecule has 2 aromatic carbocycles. The molecule has 0 fully saturated rings. The number of para-hydroxylation sites is 1. The fourth-order valence-corrected chi connectivity index (χ4v) is 3.41. The zero-order chi connectivity index (χ0) is 16.8. The molecule has 6 heteroatoms. The van der Waals surface area contributed by atoms with E-state index in [0.717, 1.165) is 22.2 Å². The van der Waals surface area contributed by atoms with Crippen molar-refractivity contribution in [1.29, 1.82) is 0 Å². The van der Waals surface area contributed by atoms with E-state index < -0.39 is 18.1 Å². The number of hydrogen-bond donors (Lipinski definition) is 5. The highest BCUT2D eigenvalue weighted by Gasteiger charge is 2.34. The van der Waals surface area contributed by atoms with E-state index in [-0.39, 0.29) is 11.5 Å². The average Bonchev–Trinajstić information content (AvgIpc) is 2.93. The number of aliphatic carboxylic acids is 1. The Morgan fingerprint density at radius 1 is 1.12 bits per heavy atom. The summed E-state index contributed by atoms with van der Waals surface area (Å²) in [6.07, 6.45) is 0.365. The number of aromatic nitrogens is 1. The van der Waals surface area contributed by atoms with Crippen LogP contribution in [0.25, 0.3) is 10.9 Å². The molecule has 0 bridgehead atoms. The summed E-state index contributed by atoms with van der Waals surface area (Å²) in [6, 6.07) is 10.8. The first kappa shape index (κ1) is 14.6. The van der Waals surface area contributed by atoms with Crippen molar-refractivity contribution in [1.82, 2.24) is 10.3 Å². The van der Waals surface area contributed by atoms with Crippen molar-refractivity contribution in [2.24, 2.45) is 0 Å². The Bertz CT molecular complexity index is 947. The number of fused-ring (bicyclic) bond motifs is 3. The van der Waals surface area contributed by atoms with E-state index in [0.29, 0.717) is 12.0 Å². The highest BCUT2D eigenvalue weighted by Crippen LogP contribution is 2.38. The molecule has 0 spiro atoms. The number of carboxylic acid groups (broad SMARTS) is 1. The van der Waals surface area contributed by atoms with E-state index in [4.69, 9.17) is 0 Å². The predicted octanol–water partition coefficient (Wildman–Crippen LogP) is 2.27. The maximum absolute atomic E-state index is 11.6. The van der Waals surface area contributed by atoms with Crippen molar-refractivity contribution in [3.05, 3.63) is 59.3 Å². The van der Waals surface area contributed by atoms with Gasteiger partial charge in [0.25, 0.3) is 0 Å². The molecular formula is C18H16N2O4. The van der Waals surface area contributed by atoms with Crippen LogP contribution >= 0.6 is 0 Å². The molecule has 0 aliphatic carbocycles. The zero-order valence-electron chi connectivity index (χ0n) is 12.7. The number of nitrogens with one attached hydrogen (secondary N) is 2.